The summed E-state index contributed by atoms with van der Waals surface area (Å²) in [6, 6.07) is 9.01. The fourth-order valence-electron chi connectivity index (χ4n) is 3.08. The monoisotopic (exact) mass is 481 g/mol. The zero-order valence-corrected chi connectivity index (χ0v) is 20.6. The van der Waals surface area contributed by atoms with E-state index in [1.54, 1.807) is 24.1 Å². The molecule has 0 atom stereocenters. The lowest BCUT2D eigenvalue weighted by Crippen LogP contribution is -2.36. The topological polar surface area (TPSA) is 73.4 Å². The molecule has 174 valence electrons. The number of hydrogen-bond acceptors (Lipinski definition) is 8. The molecule has 0 bridgehead atoms. The predicted molar refractivity (Wildman–Crippen MR) is 130 cm³/mol. The summed E-state index contributed by atoms with van der Waals surface area (Å²) >= 11 is 1.46. The normalized spacial score (nSPS) is 10.6. The molecule has 0 aliphatic carbocycles. The summed E-state index contributed by atoms with van der Waals surface area (Å²) in [6.45, 7) is 1.15. The summed E-state index contributed by atoms with van der Waals surface area (Å²) in [4.78, 5) is 22.0. The van der Waals surface area contributed by atoms with Gasteiger partial charge in [-0.05, 0) is 38.4 Å². The molecule has 0 fully saturated rings. The van der Waals surface area contributed by atoms with Crippen LogP contribution in [0.3, 0.4) is 0 Å². The van der Waals surface area contributed by atoms with Gasteiger partial charge in [-0.25, -0.2) is 4.98 Å². The first kappa shape index (κ1) is 25.5. The highest BCUT2D eigenvalue weighted by Crippen LogP contribution is 2.39. The van der Waals surface area contributed by atoms with E-state index in [-0.39, 0.29) is 18.3 Å². The van der Waals surface area contributed by atoms with Crippen molar-refractivity contribution in [2.45, 2.75) is 0 Å². The van der Waals surface area contributed by atoms with Crippen molar-refractivity contribution in [3.05, 3.63) is 35.9 Å². The first-order valence-electron chi connectivity index (χ1n) is 9.63. The van der Waals surface area contributed by atoms with Crippen molar-refractivity contribution in [3.8, 4) is 23.0 Å². The number of hydrogen-bond donors (Lipinski definition) is 0. The molecule has 1 amide bonds. The van der Waals surface area contributed by atoms with Crippen LogP contribution >= 0.6 is 23.7 Å². The second kappa shape index (κ2) is 11.2. The number of methoxy groups -OCH3 is 4. The molecule has 0 spiro atoms. The van der Waals surface area contributed by atoms with E-state index in [1.807, 2.05) is 37.2 Å². The Balaban J connectivity index is 0.00000363. The van der Waals surface area contributed by atoms with Gasteiger partial charge in [-0.2, -0.15) is 0 Å². The maximum atomic E-state index is 13.6. The van der Waals surface area contributed by atoms with Crippen LogP contribution in [0.2, 0.25) is 0 Å². The van der Waals surface area contributed by atoms with Crippen LogP contribution in [-0.2, 0) is 0 Å². The average Bonchev–Trinajstić information content (AvgIpc) is 3.20. The molecule has 0 unspecified atom stereocenters. The number of ether oxygens (including phenoxy) is 4. The number of carbonyl (C=O) groups excluding carboxylic acids is 1. The Morgan fingerprint density at radius 2 is 1.59 bits per heavy atom. The third-order valence-electron chi connectivity index (χ3n) is 4.74. The Morgan fingerprint density at radius 3 is 2.12 bits per heavy atom. The summed E-state index contributed by atoms with van der Waals surface area (Å²) in [5, 5.41) is 0.615. The van der Waals surface area contributed by atoms with Crippen LogP contribution in [0.15, 0.2) is 30.3 Å². The summed E-state index contributed by atoms with van der Waals surface area (Å²) in [5.74, 6) is 1.80. The molecule has 0 saturated carbocycles. The van der Waals surface area contributed by atoms with E-state index in [2.05, 4.69) is 0 Å². The second-order valence-electron chi connectivity index (χ2n) is 7.00. The molecule has 0 N–H and O–H groups in total. The second-order valence-corrected chi connectivity index (χ2v) is 8.01. The van der Waals surface area contributed by atoms with E-state index in [0.717, 1.165) is 16.0 Å². The van der Waals surface area contributed by atoms with Crippen molar-refractivity contribution in [2.24, 2.45) is 0 Å². The number of benzene rings is 2. The van der Waals surface area contributed by atoms with E-state index in [4.69, 9.17) is 23.9 Å². The van der Waals surface area contributed by atoms with Gasteiger partial charge in [-0.3, -0.25) is 9.69 Å². The van der Waals surface area contributed by atoms with Crippen molar-refractivity contribution in [2.75, 3.05) is 60.5 Å². The lowest BCUT2D eigenvalue weighted by Gasteiger charge is -2.23. The maximum absolute atomic E-state index is 13.6. The number of thiazole rings is 1. The Labute approximate surface area is 198 Å². The summed E-state index contributed by atoms with van der Waals surface area (Å²) in [6.07, 6.45) is 0. The molecule has 10 heteroatoms. The fraction of sp³-hybridized carbons (Fsp3) is 0.364. The summed E-state index contributed by atoms with van der Waals surface area (Å²) < 4.78 is 22.5. The van der Waals surface area contributed by atoms with Gasteiger partial charge < -0.3 is 23.8 Å². The molecular weight excluding hydrogens is 454 g/mol. The number of anilines is 1. The Morgan fingerprint density at radius 1 is 0.938 bits per heavy atom. The van der Waals surface area contributed by atoms with Gasteiger partial charge in [0.05, 0.1) is 38.7 Å². The standard InChI is InChI=1S/C22H27N3O5S.ClH/c1-24(2)9-10-25(22-23-16-13-15(27-3)7-8-19(16)31-22)21(26)14-11-17(28-4)20(30-6)18(12-14)29-5;/h7-8,11-13H,9-10H2,1-6H3;1H. The van der Waals surface area contributed by atoms with Gasteiger partial charge in [-0.1, -0.05) is 11.3 Å². The van der Waals surface area contributed by atoms with Crippen molar-refractivity contribution < 1.29 is 23.7 Å². The fourth-order valence-corrected chi connectivity index (χ4v) is 4.05. The first-order chi connectivity index (χ1) is 14.9. The Kier molecular flexibility index (Phi) is 8.94. The van der Waals surface area contributed by atoms with E-state index in [0.29, 0.717) is 41.0 Å². The van der Waals surface area contributed by atoms with Gasteiger partial charge >= 0.3 is 0 Å². The first-order valence-corrected chi connectivity index (χ1v) is 10.4. The highest BCUT2D eigenvalue weighted by atomic mass is 35.5. The van der Waals surface area contributed by atoms with Crippen LogP contribution in [0.4, 0.5) is 5.13 Å². The van der Waals surface area contributed by atoms with Gasteiger partial charge in [0.25, 0.3) is 5.91 Å². The molecule has 0 aliphatic rings. The van der Waals surface area contributed by atoms with Gasteiger partial charge in [0.15, 0.2) is 16.6 Å². The van der Waals surface area contributed by atoms with Crippen LogP contribution in [0.25, 0.3) is 10.2 Å². The zero-order valence-electron chi connectivity index (χ0n) is 19.0. The SMILES string of the molecule is COc1ccc2sc(N(CCN(C)C)C(=O)c3cc(OC)c(OC)c(OC)c3)nc2c1.Cl. The molecule has 0 saturated heterocycles. The Hall–Kier alpha value is -2.75. The van der Waals surface area contributed by atoms with E-state index >= 15 is 0 Å². The van der Waals surface area contributed by atoms with Crippen molar-refractivity contribution in [3.63, 3.8) is 0 Å². The predicted octanol–water partition coefficient (Wildman–Crippen LogP) is 3.96. The minimum Gasteiger partial charge on any atom is -0.497 e. The van der Waals surface area contributed by atoms with Gasteiger partial charge in [0, 0.05) is 24.7 Å². The number of carbonyl (C=O) groups is 1. The molecule has 1 heterocycles. The zero-order chi connectivity index (χ0) is 22.5. The van der Waals surface area contributed by atoms with E-state index < -0.39 is 0 Å². The van der Waals surface area contributed by atoms with E-state index in [1.165, 1.54) is 32.7 Å². The third kappa shape index (κ3) is 5.35. The Bertz CT molecular complexity index is 1050. The highest BCUT2D eigenvalue weighted by Gasteiger charge is 2.25. The molecular formula is C22H28ClN3O5S. The molecule has 0 radical (unpaired) electrons. The summed E-state index contributed by atoms with van der Waals surface area (Å²) in [5.41, 5.74) is 1.21. The number of nitrogens with zero attached hydrogens (tertiary/aromatic N) is 3. The number of likely N-dealkylation sites (N-methyl/N-ethyl adjacent to an activating group) is 1. The number of aromatic nitrogens is 1. The van der Waals surface area contributed by atoms with Crippen LogP contribution in [0.5, 0.6) is 23.0 Å². The lowest BCUT2D eigenvalue weighted by molar-refractivity contribution is 0.0984. The molecule has 8 nitrogen and oxygen atoms in total. The lowest BCUT2D eigenvalue weighted by atomic mass is 10.1. The number of amides is 1. The number of fused-ring (bicyclic) bond motifs is 1. The largest absolute Gasteiger partial charge is 0.497 e. The summed E-state index contributed by atoms with van der Waals surface area (Å²) in [7, 11) is 10.1. The van der Waals surface area contributed by atoms with Crippen molar-refractivity contribution >= 4 is 45.0 Å². The quantitative estimate of drug-likeness (QED) is 0.458. The molecule has 1 aromatic heterocycles. The highest BCUT2D eigenvalue weighted by molar-refractivity contribution is 7.22. The molecule has 32 heavy (non-hydrogen) atoms. The molecule has 3 rings (SSSR count). The maximum Gasteiger partial charge on any atom is 0.260 e. The van der Waals surface area contributed by atoms with Crippen LogP contribution in [-0.4, -0.2) is 71.4 Å². The van der Waals surface area contributed by atoms with E-state index in [9.17, 15) is 4.79 Å². The van der Waals surface area contributed by atoms with Crippen LogP contribution < -0.4 is 23.8 Å². The minimum atomic E-state index is -0.202. The van der Waals surface area contributed by atoms with Gasteiger partial charge in [-0.15, -0.1) is 12.4 Å². The molecule has 0 aliphatic heterocycles. The molecule has 2 aromatic carbocycles. The van der Waals surface area contributed by atoms with Crippen LogP contribution in [0, 0.1) is 0 Å². The smallest absolute Gasteiger partial charge is 0.260 e. The molecule has 3 aromatic rings. The van der Waals surface area contributed by atoms with Gasteiger partial charge in [0.2, 0.25) is 5.75 Å². The third-order valence-corrected chi connectivity index (χ3v) is 5.80. The average molecular weight is 482 g/mol. The minimum absolute atomic E-state index is 0. The van der Waals surface area contributed by atoms with Crippen molar-refractivity contribution in [1.29, 1.82) is 0 Å². The van der Waals surface area contributed by atoms with Crippen LogP contribution in [0.1, 0.15) is 10.4 Å². The van der Waals surface area contributed by atoms with Crippen molar-refractivity contribution in [1.82, 2.24) is 9.88 Å². The number of halogens is 1. The van der Waals surface area contributed by atoms with Gasteiger partial charge in [0.1, 0.15) is 5.75 Å². The number of rotatable bonds is 9.